The molecule has 8 aliphatic rings. The monoisotopic (exact) mass is 210 g/mol. The number of hydrogen-bond donors (Lipinski definition) is 0. The third kappa shape index (κ3) is 0.274. The number of rotatable bonds is 0. The topological polar surface area (TPSA) is 0 Å². The SMILES string of the molecule is C1C2C3CC4[C@@H]3C35[C@H](C[C@@H]43)[C@@H]3C[C@@H]4C1[C@H]2C435. The van der Waals surface area contributed by atoms with Gasteiger partial charge in [0, 0.05) is 0 Å². The third-order valence-electron chi connectivity index (χ3n) is 10.3. The van der Waals surface area contributed by atoms with E-state index in [9.17, 15) is 0 Å². The molecule has 0 aromatic heterocycles. The fourth-order valence-corrected chi connectivity index (χ4v) is 10.7. The van der Waals surface area contributed by atoms with Gasteiger partial charge in [-0.25, -0.2) is 0 Å². The lowest BCUT2D eigenvalue weighted by Crippen LogP contribution is -3.03. The maximum absolute atomic E-state index is 1.70. The van der Waals surface area contributed by atoms with E-state index in [1.54, 1.807) is 25.7 Å². The van der Waals surface area contributed by atoms with E-state index in [1.807, 2.05) is 0 Å². The van der Waals surface area contributed by atoms with Gasteiger partial charge in [0.1, 0.15) is 0 Å². The van der Waals surface area contributed by atoms with Crippen molar-refractivity contribution >= 4 is 0 Å². The molecule has 0 bridgehead atoms. The highest BCUT2D eigenvalue weighted by Gasteiger charge is 3.03. The predicted molar refractivity (Wildman–Crippen MR) is 58.2 cm³/mol. The molecule has 8 aliphatic carbocycles. The zero-order valence-corrected chi connectivity index (χ0v) is 9.60. The Morgan fingerprint density at radius 1 is 0.500 bits per heavy atom. The molecule has 8 fully saturated rings. The summed E-state index contributed by atoms with van der Waals surface area (Å²) >= 11 is 0. The molecule has 0 aromatic rings. The maximum atomic E-state index is 1.70. The van der Waals surface area contributed by atoms with Gasteiger partial charge in [-0.15, -0.1) is 0 Å². The molecule has 8 rings (SSSR count). The lowest BCUT2D eigenvalue weighted by molar-refractivity contribution is -0.600. The minimum Gasteiger partial charge on any atom is -0.0464 e. The molecule has 0 aliphatic heterocycles. The first-order chi connectivity index (χ1) is 7.91. The van der Waals surface area contributed by atoms with E-state index in [0.29, 0.717) is 0 Å². The largest absolute Gasteiger partial charge is 0.0464 e. The van der Waals surface area contributed by atoms with E-state index in [-0.39, 0.29) is 0 Å². The van der Waals surface area contributed by atoms with Gasteiger partial charge >= 0.3 is 0 Å². The second-order valence-electron chi connectivity index (χ2n) is 8.94. The van der Waals surface area contributed by atoms with Gasteiger partial charge in [-0.3, -0.25) is 0 Å². The standard InChI is InChI=1S/C16H18/c1-5-6-2-8-10-4-12-11-3-9-7(1)13(5)15(9,11)16(10,12)14(6)8/h5-14H,1-4H2/t5?,6?,7?,8?,9-,10+,11+,12-,13+,14-,15?,16?. The number of hydrogen-bond acceptors (Lipinski definition) is 0. The predicted octanol–water partition coefficient (Wildman–Crippen LogP) is 2.79. The maximum Gasteiger partial charge on any atom is -0.0136 e. The van der Waals surface area contributed by atoms with Crippen LogP contribution in [0.1, 0.15) is 25.7 Å². The molecule has 0 aromatic carbocycles. The fraction of sp³-hybridized carbons (Fsp3) is 1.00. The molecule has 2 spiro atoms. The van der Waals surface area contributed by atoms with Gasteiger partial charge in [-0.05, 0) is 95.7 Å². The van der Waals surface area contributed by atoms with Gasteiger partial charge in [-0.1, -0.05) is 0 Å². The van der Waals surface area contributed by atoms with Crippen LogP contribution in [0.5, 0.6) is 0 Å². The first kappa shape index (κ1) is 6.81. The molecule has 0 amide bonds. The van der Waals surface area contributed by atoms with E-state index in [4.69, 9.17) is 0 Å². The Labute approximate surface area is 96.2 Å². The quantitative estimate of drug-likeness (QED) is 0.577. The highest BCUT2D eigenvalue weighted by atomic mass is 15.1. The second kappa shape index (κ2) is 1.39. The first-order valence-electron chi connectivity index (χ1n) is 7.91. The van der Waals surface area contributed by atoms with Crippen molar-refractivity contribution in [1.29, 1.82) is 0 Å². The van der Waals surface area contributed by atoms with E-state index in [1.165, 1.54) is 59.2 Å². The van der Waals surface area contributed by atoms with Gasteiger partial charge in [0.15, 0.2) is 0 Å². The zero-order chi connectivity index (χ0) is 9.60. The molecule has 12 atom stereocenters. The van der Waals surface area contributed by atoms with Crippen molar-refractivity contribution in [2.75, 3.05) is 0 Å². The highest BCUT2D eigenvalue weighted by molar-refractivity contribution is 5.49. The summed E-state index contributed by atoms with van der Waals surface area (Å²) in [6.07, 6.45) is 6.80. The Kier molecular flexibility index (Phi) is 0.591. The van der Waals surface area contributed by atoms with Gasteiger partial charge in [-0.2, -0.15) is 0 Å². The summed E-state index contributed by atoms with van der Waals surface area (Å²) in [5.41, 5.74) is 2.12. The van der Waals surface area contributed by atoms with Crippen LogP contribution in [-0.4, -0.2) is 0 Å². The molecule has 0 nitrogen and oxygen atoms in total. The van der Waals surface area contributed by atoms with Crippen LogP contribution >= 0.6 is 0 Å². The molecule has 16 heavy (non-hydrogen) atoms. The molecular formula is C16H18. The van der Waals surface area contributed by atoms with Crippen molar-refractivity contribution in [3.8, 4) is 0 Å². The van der Waals surface area contributed by atoms with Crippen LogP contribution in [0.2, 0.25) is 0 Å². The molecule has 0 saturated heterocycles. The second-order valence-corrected chi connectivity index (χ2v) is 8.94. The van der Waals surface area contributed by atoms with Crippen molar-refractivity contribution in [1.82, 2.24) is 0 Å². The minimum atomic E-state index is 1.06. The van der Waals surface area contributed by atoms with Crippen molar-refractivity contribution in [3.05, 3.63) is 0 Å². The van der Waals surface area contributed by atoms with Crippen molar-refractivity contribution in [3.63, 3.8) is 0 Å². The van der Waals surface area contributed by atoms with Gasteiger partial charge in [0.05, 0.1) is 0 Å². The van der Waals surface area contributed by atoms with Crippen LogP contribution in [0, 0.1) is 70.0 Å². The summed E-state index contributed by atoms with van der Waals surface area (Å²) < 4.78 is 0. The van der Waals surface area contributed by atoms with E-state index in [0.717, 1.165) is 10.8 Å². The average Bonchev–Trinajstić information content (AvgIpc) is 2.17. The molecule has 0 heterocycles. The summed E-state index contributed by atoms with van der Waals surface area (Å²) in [7, 11) is 0. The zero-order valence-electron chi connectivity index (χ0n) is 9.60. The van der Waals surface area contributed by atoms with Crippen LogP contribution < -0.4 is 0 Å². The summed E-state index contributed by atoms with van der Waals surface area (Å²) in [6.45, 7) is 0. The Morgan fingerprint density at radius 3 is 1.50 bits per heavy atom. The van der Waals surface area contributed by atoms with E-state index in [2.05, 4.69) is 0 Å². The van der Waals surface area contributed by atoms with Crippen LogP contribution in [0.15, 0.2) is 0 Å². The van der Waals surface area contributed by atoms with Crippen molar-refractivity contribution in [2.24, 2.45) is 70.0 Å². The lowest BCUT2D eigenvalue weighted by Gasteiger charge is -3.07. The fourth-order valence-electron chi connectivity index (χ4n) is 10.7. The third-order valence-corrected chi connectivity index (χ3v) is 10.3. The molecule has 0 radical (unpaired) electrons. The Bertz CT molecular complexity index is 446. The Hall–Kier alpha value is 0. The summed E-state index contributed by atoms with van der Waals surface area (Å²) in [5.74, 6) is 12.9. The molecule has 8 saturated carbocycles. The highest BCUT2D eigenvalue weighted by Crippen LogP contribution is 3.07. The Morgan fingerprint density at radius 2 is 1.00 bits per heavy atom. The molecule has 0 N–H and O–H groups in total. The molecular weight excluding hydrogens is 192 g/mol. The average molecular weight is 210 g/mol. The van der Waals surface area contributed by atoms with E-state index >= 15 is 0 Å². The van der Waals surface area contributed by atoms with Crippen LogP contribution in [-0.2, 0) is 0 Å². The first-order valence-corrected chi connectivity index (χ1v) is 7.91. The number of fused-ring (bicyclic) bond motifs is 4. The molecule has 82 valence electrons. The smallest absolute Gasteiger partial charge is 0.0136 e. The minimum absolute atomic E-state index is 1.06. The van der Waals surface area contributed by atoms with Gasteiger partial charge < -0.3 is 0 Å². The summed E-state index contributed by atoms with van der Waals surface area (Å²) in [4.78, 5) is 0. The van der Waals surface area contributed by atoms with Crippen LogP contribution in [0.25, 0.3) is 0 Å². The molecule has 6 unspecified atom stereocenters. The normalized spacial score (nSPS) is 97.5. The van der Waals surface area contributed by atoms with Crippen LogP contribution in [0.4, 0.5) is 0 Å². The van der Waals surface area contributed by atoms with Crippen molar-refractivity contribution < 1.29 is 0 Å². The summed E-state index contributed by atoms with van der Waals surface area (Å²) in [5, 5.41) is 0. The van der Waals surface area contributed by atoms with Crippen molar-refractivity contribution in [2.45, 2.75) is 25.7 Å². The van der Waals surface area contributed by atoms with Gasteiger partial charge in [0.25, 0.3) is 0 Å². The van der Waals surface area contributed by atoms with Crippen LogP contribution in [0.3, 0.4) is 0 Å². The van der Waals surface area contributed by atoms with Gasteiger partial charge in [0.2, 0.25) is 0 Å². The van der Waals surface area contributed by atoms with E-state index < -0.39 is 0 Å². The Balaban J connectivity index is 1.49. The molecule has 0 heteroatoms. The lowest BCUT2D eigenvalue weighted by atomic mass is 8.97. The summed E-state index contributed by atoms with van der Waals surface area (Å²) in [6, 6.07) is 0.